The molecule has 6 nitrogen and oxygen atoms in total. The lowest BCUT2D eigenvalue weighted by Crippen LogP contribution is -2.49. The fourth-order valence-electron chi connectivity index (χ4n) is 2.95. The zero-order valence-corrected chi connectivity index (χ0v) is 16.3. The Hall–Kier alpha value is -1.44. The van der Waals surface area contributed by atoms with E-state index >= 15 is 0 Å². The van der Waals surface area contributed by atoms with E-state index in [2.05, 4.69) is 54.1 Å². The summed E-state index contributed by atoms with van der Waals surface area (Å²) in [6.45, 7) is 13.2. The third-order valence-electron chi connectivity index (χ3n) is 5.41. The lowest BCUT2D eigenvalue weighted by molar-refractivity contribution is 0.137. The Kier molecular flexibility index (Phi) is 4.44. The number of nitrogens with one attached hydrogen (secondary N) is 2. The lowest BCUT2D eigenvalue weighted by Gasteiger charge is -2.41. The molecule has 1 aliphatic rings. The Morgan fingerprint density at radius 2 is 2.00 bits per heavy atom. The summed E-state index contributed by atoms with van der Waals surface area (Å²) in [5, 5.41) is 4.58. The van der Waals surface area contributed by atoms with Gasteiger partial charge in [0, 0.05) is 25.2 Å². The van der Waals surface area contributed by atoms with E-state index in [1.165, 1.54) is 0 Å². The number of aromatic amines is 1. The molecule has 1 saturated heterocycles. The smallest absolute Gasteiger partial charge is 0.192 e. The van der Waals surface area contributed by atoms with Crippen LogP contribution in [0, 0.1) is 0 Å². The standard InChI is InChI=1S/C17H29N5OSi/c1-17(2,3)24(4,5)23-12-8-11(9-19-10-12)15-21-14(18)13-6-7-20-16(13)22-15/h6-7,11-12,19H,8-10H2,1-5H3,(H3,18,20,21,22)/t11-,12-/m1/s1. The van der Waals surface area contributed by atoms with E-state index in [1.54, 1.807) is 0 Å². The molecule has 7 heteroatoms. The van der Waals surface area contributed by atoms with Gasteiger partial charge in [0.05, 0.1) is 11.5 Å². The number of fused-ring (bicyclic) bond motifs is 1. The van der Waals surface area contributed by atoms with Gasteiger partial charge < -0.3 is 20.5 Å². The van der Waals surface area contributed by atoms with Gasteiger partial charge in [-0.3, -0.25) is 0 Å². The summed E-state index contributed by atoms with van der Waals surface area (Å²) in [7, 11) is -1.78. The second kappa shape index (κ2) is 6.13. The third kappa shape index (κ3) is 3.33. The van der Waals surface area contributed by atoms with Crippen molar-refractivity contribution in [1.29, 1.82) is 0 Å². The van der Waals surface area contributed by atoms with Crippen LogP contribution < -0.4 is 11.1 Å². The summed E-state index contributed by atoms with van der Waals surface area (Å²) in [6, 6.07) is 1.91. The van der Waals surface area contributed by atoms with Crippen LogP contribution in [0.25, 0.3) is 11.0 Å². The Balaban J connectivity index is 1.77. The van der Waals surface area contributed by atoms with E-state index in [-0.39, 0.29) is 17.1 Å². The fourth-order valence-corrected chi connectivity index (χ4v) is 4.31. The summed E-state index contributed by atoms with van der Waals surface area (Å²) < 4.78 is 6.58. The number of hydrogen-bond donors (Lipinski definition) is 3. The minimum atomic E-state index is -1.78. The maximum atomic E-state index is 6.58. The molecule has 0 aliphatic carbocycles. The topological polar surface area (TPSA) is 88.9 Å². The predicted molar refractivity (Wildman–Crippen MR) is 101 cm³/mol. The summed E-state index contributed by atoms with van der Waals surface area (Å²) in [5.41, 5.74) is 6.90. The Labute approximate surface area is 144 Å². The molecule has 0 saturated carbocycles. The van der Waals surface area contributed by atoms with Crippen LogP contribution in [0.3, 0.4) is 0 Å². The van der Waals surface area contributed by atoms with Crippen LogP contribution in [0.15, 0.2) is 12.3 Å². The van der Waals surface area contributed by atoms with E-state index in [0.29, 0.717) is 5.82 Å². The van der Waals surface area contributed by atoms with Crippen LogP contribution in [0.2, 0.25) is 18.1 Å². The highest BCUT2D eigenvalue weighted by Crippen LogP contribution is 2.38. The number of H-pyrrole nitrogens is 1. The summed E-state index contributed by atoms with van der Waals surface area (Å²) in [6.07, 6.45) is 2.99. The van der Waals surface area contributed by atoms with Crippen molar-refractivity contribution in [3.8, 4) is 0 Å². The summed E-state index contributed by atoms with van der Waals surface area (Å²) in [5.74, 6) is 1.57. The van der Waals surface area contributed by atoms with E-state index in [9.17, 15) is 0 Å². The minimum absolute atomic E-state index is 0.203. The second-order valence-electron chi connectivity index (χ2n) is 8.30. The van der Waals surface area contributed by atoms with E-state index < -0.39 is 8.32 Å². The number of anilines is 1. The number of nitrogen functional groups attached to an aromatic ring is 1. The maximum Gasteiger partial charge on any atom is 0.192 e. The summed E-state index contributed by atoms with van der Waals surface area (Å²) >= 11 is 0. The molecule has 24 heavy (non-hydrogen) atoms. The van der Waals surface area contributed by atoms with Gasteiger partial charge in [-0.05, 0) is 30.6 Å². The number of hydrogen-bond acceptors (Lipinski definition) is 5. The van der Waals surface area contributed by atoms with Gasteiger partial charge in [0.1, 0.15) is 17.3 Å². The molecule has 1 fully saturated rings. The number of aromatic nitrogens is 3. The molecule has 2 aromatic rings. The quantitative estimate of drug-likeness (QED) is 0.743. The molecule has 0 unspecified atom stereocenters. The molecule has 3 rings (SSSR count). The van der Waals surface area contributed by atoms with Crippen molar-refractivity contribution in [1.82, 2.24) is 20.3 Å². The highest BCUT2D eigenvalue weighted by molar-refractivity contribution is 6.74. The van der Waals surface area contributed by atoms with Crippen LogP contribution in [0.1, 0.15) is 38.9 Å². The SMILES string of the molecule is CC(C)(C)[Si](C)(C)O[C@H]1CNC[C@H](c2nc(N)c3cc[nH]c3n2)C1. The molecule has 2 aromatic heterocycles. The van der Waals surface area contributed by atoms with Crippen LogP contribution in [-0.2, 0) is 4.43 Å². The Bertz CT molecular complexity index is 721. The van der Waals surface area contributed by atoms with Gasteiger partial charge in [0.25, 0.3) is 0 Å². The maximum absolute atomic E-state index is 6.58. The molecular formula is C17H29N5OSi. The summed E-state index contributed by atoms with van der Waals surface area (Å²) in [4.78, 5) is 12.3. The van der Waals surface area contributed by atoms with E-state index in [4.69, 9.17) is 10.2 Å². The molecule has 0 radical (unpaired) electrons. The van der Waals surface area contributed by atoms with Crippen LogP contribution in [-0.4, -0.2) is 42.5 Å². The molecule has 4 N–H and O–H groups in total. The number of nitrogens with two attached hydrogens (primary N) is 1. The lowest BCUT2D eigenvalue weighted by atomic mass is 9.97. The highest BCUT2D eigenvalue weighted by Gasteiger charge is 2.40. The molecule has 0 aromatic carbocycles. The first-order valence-corrected chi connectivity index (χ1v) is 11.6. The van der Waals surface area contributed by atoms with Gasteiger partial charge in [0.2, 0.25) is 0 Å². The van der Waals surface area contributed by atoms with Gasteiger partial charge in [-0.25, -0.2) is 9.97 Å². The molecular weight excluding hydrogens is 318 g/mol. The average molecular weight is 348 g/mol. The van der Waals surface area contributed by atoms with Crippen molar-refractivity contribution in [3.05, 3.63) is 18.1 Å². The molecule has 2 atom stereocenters. The molecule has 132 valence electrons. The number of rotatable bonds is 3. The molecule has 1 aliphatic heterocycles. The zero-order chi connectivity index (χ0) is 17.5. The van der Waals surface area contributed by atoms with Gasteiger partial charge in [-0.1, -0.05) is 20.8 Å². The van der Waals surface area contributed by atoms with Crippen molar-refractivity contribution >= 4 is 25.2 Å². The molecule has 0 bridgehead atoms. The molecule has 3 heterocycles. The monoisotopic (exact) mass is 347 g/mol. The van der Waals surface area contributed by atoms with Gasteiger partial charge >= 0.3 is 0 Å². The fraction of sp³-hybridized carbons (Fsp3) is 0.647. The second-order valence-corrected chi connectivity index (χ2v) is 13.1. The third-order valence-corrected chi connectivity index (χ3v) is 9.94. The first-order chi connectivity index (χ1) is 11.2. The normalized spacial score (nSPS) is 22.9. The number of nitrogens with zero attached hydrogens (tertiary/aromatic N) is 2. The van der Waals surface area contributed by atoms with Crippen molar-refractivity contribution in [3.63, 3.8) is 0 Å². The van der Waals surface area contributed by atoms with Gasteiger partial charge in [-0.2, -0.15) is 0 Å². The van der Waals surface area contributed by atoms with Gasteiger partial charge in [0.15, 0.2) is 8.32 Å². The van der Waals surface area contributed by atoms with E-state index in [1.807, 2.05) is 12.3 Å². The predicted octanol–water partition coefficient (Wildman–Crippen LogP) is 3.01. The Morgan fingerprint density at radius 1 is 1.25 bits per heavy atom. The van der Waals surface area contributed by atoms with Crippen molar-refractivity contribution in [2.45, 2.75) is 57.3 Å². The van der Waals surface area contributed by atoms with Gasteiger partial charge in [-0.15, -0.1) is 0 Å². The van der Waals surface area contributed by atoms with E-state index in [0.717, 1.165) is 36.4 Å². The highest BCUT2D eigenvalue weighted by atomic mass is 28.4. The van der Waals surface area contributed by atoms with Crippen LogP contribution in [0.4, 0.5) is 5.82 Å². The zero-order valence-electron chi connectivity index (χ0n) is 15.3. The molecule has 0 spiro atoms. The van der Waals surface area contributed by atoms with Crippen molar-refractivity contribution in [2.24, 2.45) is 0 Å². The number of piperidine rings is 1. The van der Waals surface area contributed by atoms with Crippen molar-refractivity contribution < 1.29 is 4.43 Å². The van der Waals surface area contributed by atoms with Crippen molar-refractivity contribution in [2.75, 3.05) is 18.8 Å². The molecule has 0 amide bonds. The first kappa shape index (κ1) is 17.4. The van der Waals surface area contributed by atoms with Crippen LogP contribution in [0.5, 0.6) is 0 Å². The first-order valence-electron chi connectivity index (χ1n) is 8.66. The van der Waals surface area contributed by atoms with Crippen LogP contribution >= 0.6 is 0 Å². The average Bonchev–Trinajstić information content (AvgIpc) is 2.95. The largest absolute Gasteiger partial charge is 0.413 e. The Morgan fingerprint density at radius 3 is 2.71 bits per heavy atom. The minimum Gasteiger partial charge on any atom is -0.413 e.